The van der Waals surface area contributed by atoms with Crippen molar-refractivity contribution >= 4 is 17.9 Å². The minimum atomic E-state index is -0.675. The van der Waals surface area contributed by atoms with Crippen LogP contribution in [0.3, 0.4) is 0 Å². The maximum absolute atomic E-state index is 13.0. The minimum absolute atomic E-state index is 0.0250. The lowest BCUT2D eigenvalue weighted by molar-refractivity contribution is -0.129. The second-order valence-corrected chi connectivity index (χ2v) is 6.89. The fraction of sp³-hybridized carbons (Fsp3) is 0.526. The van der Waals surface area contributed by atoms with E-state index in [1.165, 1.54) is 0 Å². The zero-order valence-corrected chi connectivity index (χ0v) is 13.6. The quantitative estimate of drug-likeness (QED) is 0.802. The van der Waals surface area contributed by atoms with Crippen LogP contribution in [0.5, 0.6) is 5.75 Å². The van der Waals surface area contributed by atoms with Crippen molar-refractivity contribution < 1.29 is 19.1 Å². The molecule has 2 aliphatic rings. The number of hydrogen-bond donors (Lipinski definition) is 0. The van der Waals surface area contributed by atoms with Crippen molar-refractivity contribution in [2.75, 3.05) is 7.11 Å². The molecular formula is C19H22O4. The molecule has 3 rings (SSSR count). The third-order valence-electron chi connectivity index (χ3n) is 5.77. The van der Waals surface area contributed by atoms with E-state index in [4.69, 9.17) is 4.74 Å². The summed E-state index contributed by atoms with van der Waals surface area (Å²) in [5.74, 6) is 0.820. The van der Waals surface area contributed by atoms with Crippen LogP contribution in [-0.4, -0.2) is 25.0 Å². The van der Waals surface area contributed by atoms with Gasteiger partial charge in [-0.2, -0.15) is 0 Å². The first-order chi connectivity index (χ1) is 11.0. The lowest BCUT2D eigenvalue weighted by Gasteiger charge is -2.36. The highest BCUT2D eigenvalue weighted by molar-refractivity contribution is 6.01. The van der Waals surface area contributed by atoms with Crippen LogP contribution < -0.4 is 4.74 Å². The number of fused-ring (bicyclic) bond motifs is 1. The molecule has 0 heterocycles. The molecule has 0 aliphatic heterocycles. The summed E-state index contributed by atoms with van der Waals surface area (Å²) in [4.78, 5) is 36.3. The smallest absolute Gasteiger partial charge is 0.166 e. The lowest BCUT2D eigenvalue weighted by Crippen LogP contribution is -2.39. The Hall–Kier alpha value is -1.97. The standard InChI is InChI=1S/C19H22O4/c1-19(9-10-20)16(7-8-17(19)21)15-5-3-12-11-13(23-2)4-6-14(12)18(15)22/h4,6,10-11,15-16H,3,5,7-9H2,1-2H3/t15-,16-,19+/m1/s1. The molecule has 0 spiro atoms. The Kier molecular flexibility index (Phi) is 4.09. The fourth-order valence-electron chi connectivity index (χ4n) is 4.35. The third kappa shape index (κ3) is 2.50. The number of Topliss-reactive ketones (excluding diaryl/α,β-unsaturated/α-hetero) is 2. The van der Waals surface area contributed by atoms with Gasteiger partial charge in [0.05, 0.1) is 7.11 Å². The number of rotatable bonds is 4. The van der Waals surface area contributed by atoms with E-state index < -0.39 is 5.41 Å². The van der Waals surface area contributed by atoms with Crippen LogP contribution in [0.1, 0.15) is 48.5 Å². The SMILES string of the molecule is COc1ccc2c(c1)CC[C@H]([C@H]1CCC(=O)[C@@]1(C)CC=O)C2=O. The summed E-state index contributed by atoms with van der Waals surface area (Å²) in [7, 11) is 1.62. The maximum atomic E-state index is 13.0. The number of ketones is 2. The monoisotopic (exact) mass is 314 g/mol. The Morgan fingerprint density at radius 2 is 2.04 bits per heavy atom. The Bertz CT molecular complexity index is 663. The number of ether oxygens (including phenoxy) is 1. The fourth-order valence-corrected chi connectivity index (χ4v) is 4.35. The largest absolute Gasteiger partial charge is 0.497 e. The molecule has 2 aliphatic carbocycles. The van der Waals surface area contributed by atoms with Gasteiger partial charge in [-0.15, -0.1) is 0 Å². The molecular weight excluding hydrogens is 292 g/mol. The van der Waals surface area contributed by atoms with E-state index >= 15 is 0 Å². The molecule has 4 heteroatoms. The Balaban J connectivity index is 1.91. The predicted octanol–water partition coefficient (Wildman–Crippen LogP) is 3.01. The van der Waals surface area contributed by atoms with Crippen LogP contribution in [0.25, 0.3) is 0 Å². The van der Waals surface area contributed by atoms with Gasteiger partial charge in [0.15, 0.2) is 5.78 Å². The molecule has 0 saturated heterocycles. The summed E-state index contributed by atoms with van der Waals surface area (Å²) in [6, 6.07) is 5.56. The van der Waals surface area contributed by atoms with Crippen LogP contribution in [0.4, 0.5) is 0 Å². The van der Waals surface area contributed by atoms with Gasteiger partial charge >= 0.3 is 0 Å². The van der Waals surface area contributed by atoms with Crippen LogP contribution in [0, 0.1) is 17.3 Å². The van der Waals surface area contributed by atoms with Gasteiger partial charge in [0.25, 0.3) is 0 Å². The summed E-state index contributed by atoms with van der Waals surface area (Å²) < 4.78 is 5.23. The molecule has 1 aromatic rings. The first-order valence-electron chi connectivity index (χ1n) is 8.19. The molecule has 122 valence electrons. The molecule has 0 N–H and O–H groups in total. The van der Waals surface area contributed by atoms with E-state index in [0.717, 1.165) is 36.0 Å². The molecule has 0 bridgehead atoms. The van der Waals surface area contributed by atoms with E-state index in [9.17, 15) is 14.4 Å². The first-order valence-corrected chi connectivity index (χ1v) is 8.19. The summed E-state index contributed by atoms with van der Waals surface area (Å²) in [6.07, 6.45) is 3.79. The van der Waals surface area contributed by atoms with Crippen molar-refractivity contribution in [3.05, 3.63) is 29.3 Å². The van der Waals surface area contributed by atoms with Gasteiger partial charge in [0, 0.05) is 29.7 Å². The third-order valence-corrected chi connectivity index (χ3v) is 5.77. The number of benzene rings is 1. The molecule has 0 radical (unpaired) electrons. The van der Waals surface area contributed by atoms with Gasteiger partial charge in [0.2, 0.25) is 0 Å². The molecule has 3 atom stereocenters. The van der Waals surface area contributed by atoms with Crippen LogP contribution >= 0.6 is 0 Å². The average Bonchev–Trinajstić information content (AvgIpc) is 2.83. The van der Waals surface area contributed by atoms with E-state index in [2.05, 4.69) is 0 Å². The van der Waals surface area contributed by atoms with E-state index in [0.29, 0.717) is 12.8 Å². The van der Waals surface area contributed by atoms with E-state index in [1.54, 1.807) is 7.11 Å². The van der Waals surface area contributed by atoms with Gasteiger partial charge in [-0.25, -0.2) is 0 Å². The van der Waals surface area contributed by atoms with Crippen LogP contribution in [-0.2, 0) is 16.0 Å². The number of carbonyl (C=O) groups excluding carboxylic acids is 3. The zero-order chi connectivity index (χ0) is 16.6. The van der Waals surface area contributed by atoms with Crippen LogP contribution in [0.15, 0.2) is 18.2 Å². The van der Waals surface area contributed by atoms with E-state index in [1.807, 2.05) is 25.1 Å². The molecule has 23 heavy (non-hydrogen) atoms. The highest BCUT2D eigenvalue weighted by Crippen LogP contribution is 2.49. The van der Waals surface area contributed by atoms with E-state index in [-0.39, 0.29) is 29.8 Å². The summed E-state index contributed by atoms with van der Waals surface area (Å²) in [5, 5.41) is 0. The van der Waals surface area contributed by atoms with Gasteiger partial charge in [-0.1, -0.05) is 6.92 Å². The molecule has 0 unspecified atom stereocenters. The average molecular weight is 314 g/mol. The Labute approximate surface area is 136 Å². The first kappa shape index (κ1) is 15.9. The topological polar surface area (TPSA) is 60.4 Å². The van der Waals surface area contributed by atoms with Crippen molar-refractivity contribution in [2.24, 2.45) is 17.3 Å². The highest BCUT2D eigenvalue weighted by atomic mass is 16.5. The van der Waals surface area contributed by atoms with Crippen molar-refractivity contribution in [3.8, 4) is 5.75 Å². The number of aldehydes is 1. The normalized spacial score (nSPS) is 30.2. The van der Waals surface area contributed by atoms with Crippen molar-refractivity contribution in [3.63, 3.8) is 0 Å². The maximum Gasteiger partial charge on any atom is 0.166 e. The van der Waals surface area contributed by atoms with Gasteiger partial charge in [-0.05, 0) is 48.9 Å². The van der Waals surface area contributed by atoms with Gasteiger partial charge in [0.1, 0.15) is 17.8 Å². The minimum Gasteiger partial charge on any atom is -0.497 e. The molecule has 0 amide bonds. The predicted molar refractivity (Wildman–Crippen MR) is 85.7 cm³/mol. The molecule has 0 aromatic heterocycles. The molecule has 4 nitrogen and oxygen atoms in total. The molecule has 1 aromatic carbocycles. The summed E-state index contributed by atoms with van der Waals surface area (Å²) in [5.41, 5.74) is 1.09. The zero-order valence-electron chi connectivity index (χ0n) is 13.6. The summed E-state index contributed by atoms with van der Waals surface area (Å²) in [6.45, 7) is 1.86. The van der Waals surface area contributed by atoms with Crippen molar-refractivity contribution in [1.29, 1.82) is 0 Å². The van der Waals surface area contributed by atoms with Crippen molar-refractivity contribution in [1.82, 2.24) is 0 Å². The number of carbonyl (C=O) groups is 3. The van der Waals surface area contributed by atoms with Gasteiger partial charge < -0.3 is 9.53 Å². The Morgan fingerprint density at radius 3 is 2.74 bits per heavy atom. The second kappa shape index (κ2) is 5.91. The number of aryl methyl sites for hydroxylation is 1. The Morgan fingerprint density at radius 1 is 1.26 bits per heavy atom. The highest BCUT2D eigenvalue weighted by Gasteiger charge is 2.51. The lowest BCUT2D eigenvalue weighted by atomic mass is 9.65. The summed E-state index contributed by atoms with van der Waals surface area (Å²) >= 11 is 0. The van der Waals surface area contributed by atoms with Crippen molar-refractivity contribution in [2.45, 2.75) is 39.0 Å². The molecule has 1 saturated carbocycles. The second-order valence-electron chi connectivity index (χ2n) is 6.89. The molecule has 1 fully saturated rings. The number of hydrogen-bond acceptors (Lipinski definition) is 4. The van der Waals surface area contributed by atoms with Crippen LogP contribution in [0.2, 0.25) is 0 Å². The number of methoxy groups -OCH3 is 1. The van der Waals surface area contributed by atoms with Gasteiger partial charge in [-0.3, -0.25) is 9.59 Å².